The summed E-state index contributed by atoms with van der Waals surface area (Å²) in [5.74, 6) is 0.0634. The standard InChI is InChI=1S/C23H28F3N7O3/c1-14(23(24,25)26)28-21(34)17-4-5-18-20(29-17)33(15-7-9-32(18)13-15)22(35)30-19-12-16(6-8-27-19)36-11-10-31(2)3/h4-6,8,12,14-15H,7,9-11,13H2,1-3H3,(H,28,34)(H,27,30,35)/t14-,15?/m1/s1. The largest absolute Gasteiger partial charge is 0.492 e. The third-order valence-electron chi connectivity index (χ3n) is 6.02. The quantitative estimate of drug-likeness (QED) is 0.594. The van der Waals surface area contributed by atoms with Crippen LogP contribution in [0.3, 0.4) is 0 Å². The molecule has 1 fully saturated rings. The highest BCUT2D eigenvalue weighted by Gasteiger charge is 2.41. The van der Waals surface area contributed by atoms with E-state index in [-0.39, 0.29) is 23.4 Å². The molecule has 1 unspecified atom stereocenters. The number of likely N-dealkylation sites (N-methyl/N-ethyl adjacent to an activating group) is 1. The van der Waals surface area contributed by atoms with Crippen LogP contribution in [0.5, 0.6) is 5.75 Å². The molecule has 2 aliphatic heterocycles. The number of anilines is 3. The molecule has 0 spiro atoms. The fraction of sp³-hybridized carbons (Fsp3) is 0.478. The van der Waals surface area contributed by atoms with Crippen LogP contribution in [0.25, 0.3) is 0 Å². The van der Waals surface area contributed by atoms with Crippen LogP contribution in [0, 0.1) is 0 Å². The summed E-state index contributed by atoms with van der Waals surface area (Å²) >= 11 is 0. The van der Waals surface area contributed by atoms with Crippen molar-refractivity contribution in [3.8, 4) is 5.75 Å². The van der Waals surface area contributed by atoms with Crippen LogP contribution in [-0.2, 0) is 0 Å². The lowest BCUT2D eigenvalue weighted by Gasteiger charge is -2.35. The van der Waals surface area contributed by atoms with Crippen molar-refractivity contribution in [1.29, 1.82) is 0 Å². The number of nitrogens with zero attached hydrogens (tertiary/aromatic N) is 5. The molecule has 2 aromatic heterocycles. The number of fused-ring (bicyclic) bond motifs is 4. The Labute approximate surface area is 206 Å². The van der Waals surface area contributed by atoms with E-state index in [1.54, 1.807) is 18.2 Å². The van der Waals surface area contributed by atoms with E-state index < -0.39 is 24.2 Å². The van der Waals surface area contributed by atoms with Crippen LogP contribution in [0.2, 0.25) is 0 Å². The van der Waals surface area contributed by atoms with Crippen LogP contribution >= 0.6 is 0 Å². The molecule has 0 aromatic carbocycles. The Hall–Kier alpha value is -3.61. The number of aromatic nitrogens is 2. The van der Waals surface area contributed by atoms with Gasteiger partial charge < -0.3 is 19.9 Å². The number of hydrogen-bond acceptors (Lipinski definition) is 7. The van der Waals surface area contributed by atoms with Gasteiger partial charge in [-0.25, -0.2) is 14.8 Å². The van der Waals surface area contributed by atoms with Crippen LogP contribution < -0.4 is 25.2 Å². The van der Waals surface area contributed by atoms with Crippen molar-refractivity contribution in [2.24, 2.45) is 0 Å². The predicted molar refractivity (Wildman–Crippen MR) is 128 cm³/mol. The second-order valence-corrected chi connectivity index (χ2v) is 8.99. The lowest BCUT2D eigenvalue weighted by Crippen LogP contribution is -2.49. The molecule has 2 N–H and O–H groups in total. The topological polar surface area (TPSA) is 103 Å². The Balaban J connectivity index is 1.54. The van der Waals surface area contributed by atoms with Gasteiger partial charge in [0.15, 0.2) is 5.82 Å². The Morgan fingerprint density at radius 1 is 1.28 bits per heavy atom. The van der Waals surface area contributed by atoms with Crippen LogP contribution in [0.15, 0.2) is 30.5 Å². The van der Waals surface area contributed by atoms with Gasteiger partial charge in [0.05, 0.1) is 11.7 Å². The second kappa shape index (κ2) is 10.2. The smallest absolute Gasteiger partial charge is 0.408 e. The molecule has 3 amide bonds. The van der Waals surface area contributed by atoms with E-state index in [1.165, 1.54) is 17.2 Å². The first-order valence-corrected chi connectivity index (χ1v) is 11.5. The number of hydrogen-bond donors (Lipinski definition) is 2. The summed E-state index contributed by atoms with van der Waals surface area (Å²) in [6.45, 7) is 3.31. The molecule has 1 saturated heterocycles. The number of halogens is 3. The number of ether oxygens (including phenoxy) is 1. The summed E-state index contributed by atoms with van der Waals surface area (Å²) in [7, 11) is 3.87. The highest BCUT2D eigenvalue weighted by molar-refractivity contribution is 6.05. The average Bonchev–Trinajstić information content (AvgIpc) is 3.22. The number of urea groups is 1. The summed E-state index contributed by atoms with van der Waals surface area (Å²) < 4.78 is 44.4. The van der Waals surface area contributed by atoms with Crippen molar-refractivity contribution in [1.82, 2.24) is 20.2 Å². The van der Waals surface area contributed by atoms with Gasteiger partial charge in [-0.15, -0.1) is 0 Å². The van der Waals surface area contributed by atoms with E-state index in [0.29, 0.717) is 37.6 Å². The number of amides is 3. The normalized spacial score (nSPS) is 17.6. The van der Waals surface area contributed by atoms with E-state index in [1.807, 2.05) is 29.2 Å². The maximum Gasteiger partial charge on any atom is 0.408 e. The van der Waals surface area contributed by atoms with Gasteiger partial charge in [-0.3, -0.25) is 15.0 Å². The zero-order valence-electron chi connectivity index (χ0n) is 20.2. The zero-order valence-corrected chi connectivity index (χ0v) is 20.2. The average molecular weight is 508 g/mol. The van der Waals surface area contributed by atoms with Crippen molar-refractivity contribution in [2.45, 2.75) is 31.6 Å². The van der Waals surface area contributed by atoms with Crippen LogP contribution in [-0.4, -0.2) is 85.4 Å². The fourth-order valence-electron chi connectivity index (χ4n) is 4.04. The van der Waals surface area contributed by atoms with Gasteiger partial charge in [-0.1, -0.05) is 0 Å². The van der Waals surface area contributed by atoms with Gasteiger partial charge in [0.1, 0.15) is 29.9 Å². The van der Waals surface area contributed by atoms with Crippen molar-refractivity contribution in [3.63, 3.8) is 0 Å². The molecule has 2 atom stereocenters. The number of nitrogens with one attached hydrogen (secondary N) is 2. The molecule has 2 aromatic rings. The molecule has 2 bridgehead atoms. The highest BCUT2D eigenvalue weighted by atomic mass is 19.4. The molecule has 36 heavy (non-hydrogen) atoms. The van der Waals surface area contributed by atoms with Crippen LogP contribution in [0.1, 0.15) is 23.8 Å². The number of rotatable bonds is 7. The van der Waals surface area contributed by atoms with E-state index in [0.717, 1.165) is 13.5 Å². The minimum absolute atomic E-state index is 0.209. The van der Waals surface area contributed by atoms with Crippen LogP contribution in [0.4, 0.5) is 35.3 Å². The van der Waals surface area contributed by atoms with Gasteiger partial charge >= 0.3 is 12.2 Å². The summed E-state index contributed by atoms with van der Waals surface area (Å²) in [5.41, 5.74) is 0.424. The summed E-state index contributed by atoms with van der Waals surface area (Å²) in [6, 6.07) is 3.50. The lowest BCUT2D eigenvalue weighted by atomic mass is 10.1. The second-order valence-electron chi connectivity index (χ2n) is 8.99. The number of carbonyl (C=O) groups is 2. The maximum absolute atomic E-state index is 13.3. The van der Waals surface area contributed by atoms with Gasteiger partial charge in [0.2, 0.25) is 0 Å². The lowest BCUT2D eigenvalue weighted by molar-refractivity contribution is -0.149. The number of carbonyl (C=O) groups excluding carboxylic acids is 2. The number of pyridine rings is 2. The number of alkyl halides is 3. The predicted octanol–water partition coefficient (Wildman–Crippen LogP) is 2.73. The summed E-state index contributed by atoms with van der Waals surface area (Å²) in [4.78, 5) is 39.8. The third kappa shape index (κ3) is 5.61. The van der Waals surface area contributed by atoms with Gasteiger partial charge in [-0.05, 0) is 45.6 Å². The monoisotopic (exact) mass is 507 g/mol. The third-order valence-corrected chi connectivity index (χ3v) is 6.02. The van der Waals surface area contributed by atoms with E-state index >= 15 is 0 Å². The first kappa shape index (κ1) is 25.5. The first-order valence-electron chi connectivity index (χ1n) is 11.5. The molecule has 194 valence electrons. The Bertz CT molecular complexity index is 1130. The Morgan fingerprint density at radius 3 is 2.78 bits per heavy atom. The first-order chi connectivity index (χ1) is 17.0. The molecule has 10 nitrogen and oxygen atoms in total. The molecule has 13 heteroatoms. The highest BCUT2D eigenvalue weighted by Crippen LogP contribution is 2.39. The van der Waals surface area contributed by atoms with E-state index in [9.17, 15) is 22.8 Å². The SMILES string of the molecule is C[C@@H](NC(=O)c1ccc2c(n1)N(C(=O)Nc1cc(OCCN(C)C)ccn1)C1CCN2C1)C(F)(F)F. The summed E-state index contributed by atoms with van der Waals surface area (Å²) in [5, 5.41) is 4.66. The van der Waals surface area contributed by atoms with E-state index in [2.05, 4.69) is 15.3 Å². The van der Waals surface area contributed by atoms with Crippen molar-refractivity contribution >= 4 is 29.3 Å². The van der Waals surface area contributed by atoms with Gasteiger partial charge in [0.25, 0.3) is 5.91 Å². The minimum atomic E-state index is -4.59. The Kier molecular flexibility index (Phi) is 7.20. The maximum atomic E-state index is 13.3. The van der Waals surface area contributed by atoms with Crippen molar-refractivity contribution in [3.05, 3.63) is 36.2 Å². The molecule has 0 radical (unpaired) electrons. The Morgan fingerprint density at radius 2 is 2.06 bits per heavy atom. The minimum Gasteiger partial charge on any atom is -0.492 e. The molecule has 0 aliphatic carbocycles. The van der Waals surface area contributed by atoms with Gasteiger partial charge in [0, 0.05) is 31.9 Å². The fourth-order valence-corrected chi connectivity index (χ4v) is 4.04. The molecule has 2 aliphatic rings. The molecular formula is C23H28F3N7O3. The molecule has 4 rings (SSSR count). The molecule has 4 heterocycles. The zero-order chi connectivity index (χ0) is 26.0. The molecular weight excluding hydrogens is 479 g/mol. The van der Waals surface area contributed by atoms with E-state index in [4.69, 9.17) is 4.74 Å². The van der Waals surface area contributed by atoms with Gasteiger partial charge in [-0.2, -0.15) is 13.2 Å². The summed E-state index contributed by atoms with van der Waals surface area (Å²) in [6.07, 6.45) is -2.39. The molecule has 0 saturated carbocycles. The van der Waals surface area contributed by atoms with Crippen molar-refractivity contribution in [2.75, 3.05) is 55.5 Å². The van der Waals surface area contributed by atoms with Crippen molar-refractivity contribution < 1.29 is 27.5 Å².